The summed E-state index contributed by atoms with van der Waals surface area (Å²) in [5.41, 5.74) is 0.288. The number of nitrogens with one attached hydrogen (secondary N) is 1. The highest BCUT2D eigenvalue weighted by molar-refractivity contribution is 5.95. The summed E-state index contributed by atoms with van der Waals surface area (Å²) in [4.78, 5) is 22.1. The van der Waals surface area contributed by atoms with Crippen molar-refractivity contribution in [3.8, 4) is 0 Å². The fourth-order valence-corrected chi connectivity index (χ4v) is 1.91. The molecule has 2 rings (SSSR count). The lowest BCUT2D eigenvalue weighted by Gasteiger charge is -2.28. The van der Waals surface area contributed by atoms with E-state index in [4.69, 9.17) is 0 Å². The van der Waals surface area contributed by atoms with Gasteiger partial charge in [-0.25, -0.2) is 0 Å². The van der Waals surface area contributed by atoms with Gasteiger partial charge in [0.25, 0.3) is 0 Å². The third kappa shape index (κ3) is 2.10. The van der Waals surface area contributed by atoms with Crippen molar-refractivity contribution >= 4 is 11.9 Å². The number of carboxylic acid groups (broad SMARTS) is 2. The molecule has 1 aliphatic rings. The molecule has 1 aromatic carbocycles. The lowest BCUT2D eigenvalue weighted by Crippen LogP contribution is -2.36. The number of carbonyl (C=O) groups excluding carboxylic acids is 2. The van der Waals surface area contributed by atoms with Crippen molar-refractivity contribution in [2.45, 2.75) is 5.92 Å². The van der Waals surface area contributed by atoms with Crippen molar-refractivity contribution in [3.05, 3.63) is 59.4 Å². The molecule has 1 aromatic rings. The van der Waals surface area contributed by atoms with E-state index in [-0.39, 0.29) is 11.1 Å². The molecule has 0 unspecified atom stereocenters. The zero-order valence-electron chi connectivity index (χ0n) is 9.25. The van der Waals surface area contributed by atoms with Gasteiger partial charge < -0.3 is 25.1 Å². The van der Waals surface area contributed by atoms with Crippen LogP contribution in [0.1, 0.15) is 11.5 Å². The minimum Gasteiger partial charge on any atom is -0.545 e. The van der Waals surface area contributed by atoms with E-state index >= 15 is 0 Å². The summed E-state index contributed by atoms with van der Waals surface area (Å²) in [5.74, 6) is -3.71. The van der Waals surface area contributed by atoms with Gasteiger partial charge >= 0.3 is 0 Å². The fraction of sp³-hybridized carbons (Fsp3) is 0.0769. The molecular formula is C13H9NO4-2. The molecule has 0 radical (unpaired) electrons. The predicted octanol–water partition coefficient (Wildman–Crippen LogP) is -1.36. The average Bonchev–Trinajstić information content (AvgIpc) is 2.38. The van der Waals surface area contributed by atoms with Gasteiger partial charge in [-0.15, -0.1) is 0 Å². The van der Waals surface area contributed by atoms with Crippen LogP contribution in [0.3, 0.4) is 0 Å². The highest BCUT2D eigenvalue weighted by Crippen LogP contribution is 2.32. The summed E-state index contributed by atoms with van der Waals surface area (Å²) in [6, 6.07) is 8.48. The van der Waals surface area contributed by atoms with Crippen molar-refractivity contribution in [2.75, 3.05) is 0 Å². The summed E-state index contributed by atoms with van der Waals surface area (Å²) in [5, 5.41) is 24.6. The Morgan fingerprint density at radius 3 is 1.89 bits per heavy atom. The summed E-state index contributed by atoms with van der Waals surface area (Å²) in [6.07, 6.45) is 2.44. The van der Waals surface area contributed by atoms with Crippen molar-refractivity contribution in [2.24, 2.45) is 0 Å². The zero-order chi connectivity index (χ0) is 13.1. The Morgan fingerprint density at radius 1 is 0.944 bits per heavy atom. The van der Waals surface area contributed by atoms with Crippen LogP contribution in [0, 0.1) is 0 Å². The van der Waals surface area contributed by atoms with E-state index in [2.05, 4.69) is 5.32 Å². The highest BCUT2D eigenvalue weighted by Gasteiger charge is 2.25. The number of carboxylic acids is 2. The first-order chi connectivity index (χ1) is 8.61. The first-order valence-corrected chi connectivity index (χ1v) is 5.25. The Hall–Kier alpha value is -2.56. The molecule has 0 aliphatic carbocycles. The molecule has 0 aromatic heterocycles. The van der Waals surface area contributed by atoms with Crippen LogP contribution in [0.2, 0.25) is 0 Å². The minimum atomic E-state index is -1.41. The van der Waals surface area contributed by atoms with Gasteiger partial charge in [0.1, 0.15) is 0 Å². The van der Waals surface area contributed by atoms with Gasteiger partial charge in [-0.1, -0.05) is 30.3 Å². The number of hydrogen-bond donors (Lipinski definition) is 1. The van der Waals surface area contributed by atoms with E-state index in [1.807, 2.05) is 0 Å². The van der Waals surface area contributed by atoms with Crippen LogP contribution < -0.4 is 15.5 Å². The lowest BCUT2D eigenvalue weighted by molar-refractivity contribution is -0.300. The molecule has 92 valence electrons. The Balaban J connectivity index is 2.50. The van der Waals surface area contributed by atoms with Crippen molar-refractivity contribution in [3.63, 3.8) is 0 Å². The topological polar surface area (TPSA) is 92.3 Å². The van der Waals surface area contributed by atoms with E-state index < -0.39 is 17.9 Å². The maximum atomic E-state index is 11.0. The summed E-state index contributed by atoms with van der Waals surface area (Å²) in [7, 11) is 0. The molecule has 1 heterocycles. The van der Waals surface area contributed by atoms with Gasteiger partial charge in [-0.3, -0.25) is 0 Å². The van der Waals surface area contributed by atoms with Crippen LogP contribution in [0.4, 0.5) is 0 Å². The second kappa shape index (κ2) is 4.75. The van der Waals surface area contributed by atoms with Gasteiger partial charge in [-0.05, 0) is 5.56 Å². The van der Waals surface area contributed by atoms with Gasteiger partial charge in [-0.2, -0.15) is 0 Å². The zero-order valence-corrected chi connectivity index (χ0v) is 9.25. The second-order valence-corrected chi connectivity index (χ2v) is 3.78. The van der Waals surface area contributed by atoms with Gasteiger partial charge in [0.05, 0.1) is 11.9 Å². The van der Waals surface area contributed by atoms with Gasteiger partial charge in [0, 0.05) is 29.5 Å². The Morgan fingerprint density at radius 2 is 1.44 bits per heavy atom. The number of carbonyl (C=O) groups is 2. The van der Waals surface area contributed by atoms with Crippen molar-refractivity contribution < 1.29 is 19.8 Å². The quantitative estimate of drug-likeness (QED) is 0.708. The number of benzene rings is 1. The van der Waals surface area contributed by atoms with E-state index in [1.54, 1.807) is 30.3 Å². The molecule has 0 amide bonds. The van der Waals surface area contributed by atoms with Crippen LogP contribution in [0.25, 0.3) is 0 Å². The van der Waals surface area contributed by atoms with E-state index in [9.17, 15) is 19.8 Å². The standard InChI is InChI=1S/C13H11NO4/c15-12(16)9-6-14-7-10(13(17)18)11(9)8-4-2-1-3-5-8/h1-7,11,14H,(H,15,16)(H,17,18)/p-2. The molecule has 1 aliphatic heterocycles. The van der Waals surface area contributed by atoms with Crippen LogP contribution in [-0.2, 0) is 9.59 Å². The maximum Gasteiger partial charge on any atom is 0.0699 e. The fourth-order valence-electron chi connectivity index (χ4n) is 1.91. The molecule has 0 saturated heterocycles. The third-order valence-corrected chi connectivity index (χ3v) is 2.70. The summed E-state index contributed by atoms with van der Waals surface area (Å²) >= 11 is 0. The van der Waals surface area contributed by atoms with E-state index in [0.29, 0.717) is 5.56 Å². The first-order valence-electron chi connectivity index (χ1n) is 5.25. The monoisotopic (exact) mass is 243 g/mol. The highest BCUT2D eigenvalue weighted by atomic mass is 16.4. The predicted molar refractivity (Wildman–Crippen MR) is 58.5 cm³/mol. The number of rotatable bonds is 3. The molecule has 18 heavy (non-hydrogen) atoms. The molecule has 5 heteroatoms. The van der Waals surface area contributed by atoms with Gasteiger partial charge in [0.2, 0.25) is 0 Å². The third-order valence-electron chi connectivity index (χ3n) is 2.70. The van der Waals surface area contributed by atoms with Crippen LogP contribution in [-0.4, -0.2) is 11.9 Å². The molecule has 5 nitrogen and oxygen atoms in total. The normalized spacial score (nSPS) is 15.3. The maximum absolute atomic E-state index is 11.0. The molecular weight excluding hydrogens is 234 g/mol. The lowest BCUT2D eigenvalue weighted by atomic mass is 9.84. The first kappa shape index (κ1) is 11.9. The van der Waals surface area contributed by atoms with Crippen LogP contribution >= 0.6 is 0 Å². The molecule has 0 fully saturated rings. The second-order valence-electron chi connectivity index (χ2n) is 3.78. The van der Waals surface area contributed by atoms with Crippen molar-refractivity contribution in [1.29, 1.82) is 0 Å². The number of hydrogen-bond acceptors (Lipinski definition) is 5. The summed E-state index contributed by atoms with van der Waals surface area (Å²) in [6.45, 7) is 0. The van der Waals surface area contributed by atoms with Crippen LogP contribution in [0.15, 0.2) is 53.9 Å². The average molecular weight is 243 g/mol. The Labute approximate surface area is 103 Å². The smallest absolute Gasteiger partial charge is 0.0699 e. The van der Waals surface area contributed by atoms with E-state index in [1.165, 1.54) is 12.4 Å². The molecule has 1 N–H and O–H groups in total. The van der Waals surface area contributed by atoms with E-state index in [0.717, 1.165) is 0 Å². The number of dihydropyridines is 1. The molecule has 0 spiro atoms. The largest absolute Gasteiger partial charge is 0.545 e. The Bertz CT molecular complexity index is 515. The molecule has 0 bridgehead atoms. The summed E-state index contributed by atoms with van der Waals surface area (Å²) < 4.78 is 0. The minimum absolute atomic E-state index is 0.136. The van der Waals surface area contributed by atoms with Gasteiger partial charge in [0.15, 0.2) is 0 Å². The molecule has 0 saturated carbocycles. The van der Waals surface area contributed by atoms with Crippen LogP contribution in [0.5, 0.6) is 0 Å². The SMILES string of the molecule is O=C([O-])C1=CNC=C(C(=O)[O-])C1c1ccccc1. The Kier molecular flexibility index (Phi) is 3.14. The van der Waals surface area contributed by atoms with Crippen molar-refractivity contribution in [1.82, 2.24) is 5.32 Å². The molecule has 0 atom stereocenters. The number of aliphatic carboxylic acids is 2.